The molecule has 3 rings (SSSR count). The van der Waals surface area contributed by atoms with E-state index in [1.54, 1.807) is 30.3 Å². The van der Waals surface area contributed by atoms with Gasteiger partial charge in [-0.05, 0) is 36.4 Å². The van der Waals surface area contributed by atoms with Crippen molar-refractivity contribution in [2.24, 2.45) is 0 Å². The SMILES string of the molecule is COc1ccc(CNc2ccc(C(F)(F)F)cc2C(O)c2cccc(OC)c2Cl)c(OC)c1. The lowest BCUT2D eigenvalue weighted by Gasteiger charge is -2.21. The molecule has 0 heterocycles. The summed E-state index contributed by atoms with van der Waals surface area (Å²) in [7, 11) is 4.46. The summed E-state index contributed by atoms with van der Waals surface area (Å²) in [5, 5.41) is 14.3. The molecular weight excluding hydrogens is 459 g/mol. The first kappa shape index (κ1) is 24.5. The highest BCUT2D eigenvalue weighted by molar-refractivity contribution is 6.32. The molecule has 5 nitrogen and oxygen atoms in total. The van der Waals surface area contributed by atoms with Gasteiger partial charge < -0.3 is 24.6 Å². The van der Waals surface area contributed by atoms with Crippen LogP contribution in [0.15, 0.2) is 54.6 Å². The maximum Gasteiger partial charge on any atom is 0.416 e. The van der Waals surface area contributed by atoms with E-state index < -0.39 is 17.8 Å². The van der Waals surface area contributed by atoms with Gasteiger partial charge in [0.2, 0.25) is 0 Å². The van der Waals surface area contributed by atoms with Gasteiger partial charge in [0.15, 0.2) is 0 Å². The molecule has 0 aliphatic rings. The van der Waals surface area contributed by atoms with Gasteiger partial charge in [-0.1, -0.05) is 23.7 Å². The summed E-state index contributed by atoms with van der Waals surface area (Å²) in [6, 6.07) is 13.1. The molecule has 176 valence electrons. The second kappa shape index (κ2) is 10.2. The molecule has 0 aliphatic carbocycles. The van der Waals surface area contributed by atoms with Crippen molar-refractivity contribution in [3.05, 3.63) is 81.9 Å². The van der Waals surface area contributed by atoms with Crippen LogP contribution >= 0.6 is 11.6 Å². The van der Waals surface area contributed by atoms with Gasteiger partial charge in [-0.2, -0.15) is 13.2 Å². The van der Waals surface area contributed by atoms with E-state index in [1.165, 1.54) is 33.5 Å². The number of anilines is 1. The van der Waals surface area contributed by atoms with Crippen LogP contribution in [0, 0.1) is 0 Å². The Morgan fingerprint density at radius 3 is 2.27 bits per heavy atom. The number of alkyl halides is 3. The number of halogens is 4. The Balaban J connectivity index is 2.01. The number of aliphatic hydroxyl groups excluding tert-OH is 1. The molecule has 3 aromatic rings. The van der Waals surface area contributed by atoms with Crippen LogP contribution in [0.2, 0.25) is 5.02 Å². The Morgan fingerprint density at radius 1 is 0.909 bits per heavy atom. The quantitative estimate of drug-likeness (QED) is 0.408. The highest BCUT2D eigenvalue weighted by Gasteiger charge is 2.32. The van der Waals surface area contributed by atoms with Crippen LogP contribution < -0.4 is 19.5 Å². The van der Waals surface area contributed by atoms with E-state index in [0.717, 1.165) is 17.7 Å². The lowest BCUT2D eigenvalue weighted by molar-refractivity contribution is -0.137. The topological polar surface area (TPSA) is 60.0 Å². The molecule has 3 aromatic carbocycles. The van der Waals surface area contributed by atoms with Crippen molar-refractivity contribution in [2.75, 3.05) is 26.6 Å². The van der Waals surface area contributed by atoms with Crippen molar-refractivity contribution in [1.82, 2.24) is 0 Å². The first-order valence-electron chi connectivity index (χ1n) is 9.86. The van der Waals surface area contributed by atoms with Gasteiger partial charge in [0.25, 0.3) is 0 Å². The minimum Gasteiger partial charge on any atom is -0.497 e. The summed E-state index contributed by atoms with van der Waals surface area (Å²) < 4.78 is 56.0. The molecule has 1 unspecified atom stereocenters. The lowest BCUT2D eigenvalue weighted by atomic mass is 9.97. The van der Waals surface area contributed by atoms with E-state index in [9.17, 15) is 18.3 Å². The number of methoxy groups -OCH3 is 3. The first-order chi connectivity index (χ1) is 15.7. The first-order valence-corrected chi connectivity index (χ1v) is 10.2. The molecule has 0 amide bonds. The van der Waals surface area contributed by atoms with Crippen molar-refractivity contribution in [1.29, 1.82) is 0 Å². The maximum absolute atomic E-state index is 13.4. The Kier molecular flexibility index (Phi) is 7.61. The van der Waals surface area contributed by atoms with Gasteiger partial charge >= 0.3 is 6.18 Å². The van der Waals surface area contributed by atoms with Gasteiger partial charge in [-0.3, -0.25) is 0 Å². The third-order valence-corrected chi connectivity index (χ3v) is 5.55. The monoisotopic (exact) mass is 481 g/mol. The number of rotatable bonds is 8. The molecule has 0 saturated carbocycles. The number of ether oxygens (including phenoxy) is 3. The van der Waals surface area contributed by atoms with E-state index in [1.807, 2.05) is 0 Å². The van der Waals surface area contributed by atoms with Crippen LogP contribution in [0.5, 0.6) is 17.2 Å². The predicted octanol–water partition coefficient (Wildman–Crippen LogP) is 6.08. The summed E-state index contributed by atoms with van der Waals surface area (Å²) in [6.45, 7) is 0.226. The minimum atomic E-state index is -4.58. The van der Waals surface area contributed by atoms with E-state index in [2.05, 4.69) is 5.32 Å². The van der Waals surface area contributed by atoms with Crippen LogP contribution in [-0.2, 0) is 12.7 Å². The van der Waals surface area contributed by atoms with Crippen LogP contribution in [0.1, 0.15) is 28.4 Å². The molecule has 1 atom stereocenters. The Hall–Kier alpha value is -3.10. The highest BCUT2D eigenvalue weighted by Crippen LogP contribution is 2.40. The fraction of sp³-hybridized carbons (Fsp3) is 0.250. The summed E-state index contributed by atoms with van der Waals surface area (Å²) >= 11 is 6.32. The second-order valence-corrected chi connectivity index (χ2v) is 7.48. The fourth-order valence-electron chi connectivity index (χ4n) is 3.38. The zero-order valence-corrected chi connectivity index (χ0v) is 18.9. The number of aliphatic hydroxyl groups is 1. The zero-order chi connectivity index (χ0) is 24.2. The maximum atomic E-state index is 13.4. The second-order valence-electron chi connectivity index (χ2n) is 7.10. The third-order valence-electron chi connectivity index (χ3n) is 5.14. The molecule has 0 radical (unpaired) electrons. The fourth-order valence-corrected chi connectivity index (χ4v) is 3.69. The standard InChI is InChI=1S/C24H23ClF3NO4/c1-31-16-9-7-14(21(12-16)33-3)13-29-19-10-8-15(24(26,27)28)11-18(19)23(30)17-5-4-6-20(32-2)22(17)25/h4-12,23,29-30H,13H2,1-3H3. The van der Waals surface area contributed by atoms with Crippen LogP contribution in [0.4, 0.5) is 18.9 Å². The zero-order valence-electron chi connectivity index (χ0n) is 18.2. The van der Waals surface area contributed by atoms with Crippen molar-refractivity contribution >= 4 is 17.3 Å². The highest BCUT2D eigenvalue weighted by atomic mass is 35.5. The van der Waals surface area contributed by atoms with Gasteiger partial charge in [0.05, 0.1) is 31.9 Å². The molecule has 2 N–H and O–H groups in total. The van der Waals surface area contributed by atoms with E-state index >= 15 is 0 Å². The van der Waals surface area contributed by atoms with Crippen molar-refractivity contribution in [3.63, 3.8) is 0 Å². The predicted molar refractivity (Wildman–Crippen MR) is 120 cm³/mol. The van der Waals surface area contributed by atoms with Crippen molar-refractivity contribution in [2.45, 2.75) is 18.8 Å². The molecule has 0 spiro atoms. The lowest BCUT2D eigenvalue weighted by Crippen LogP contribution is -2.12. The number of nitrogens with one attached hydrogen (secondary N) is 1. The smallest absolute Gasteiger partial charge is 0.416 e. The third kappa shape index (κ3) is 5.46. The van der Waals surface area contributed by atoms with E-state index in [0.29, 0.717) is 22.9 Å². The van der Waals surface area contributed by atoms with E-state index in [4.69, 9.17) is 25.8 Å². The summed E-state index contributed by atoms with van der Waals surface area (Å²) in [6.07, 6.45) is -6.01. The molecule has 9 heteroatoms. The van der Waals surface area contributed by atoms with Crippen molar-refractivity contribution < 1.29 is 32.5 Å². The Bertz CT molecular complexity index is 1120. The summed E-state index contributed by atoms with van der Waals surface area (Å²) in [5.74, 6) is 1.46. The van der Waals surface area contributed by atoms with Crippen LogP contribution in [0.3, 0.4) is 0 Å². The molecular formula is C24H23ClF3NO4. The summed E-state index contributed by atoms with van der Waals surface area (Å²) in [5.41, 5.74) is 0.418. The Morgan fingerprint density at radius 2 is 1.64 bits per heavy atom. The van der Waals surface area contributed by atoms with E-state index in [-0.39, 0.29) is 22.7 Å². The van der Waals surface area contributed by atoms with Gasteiger partial charge in [-0.15, -0.1) is 0 Å². The van der Waals surface area contributed by atoms with Crippen molar-refractivity contribution in [3.8, 4) is 17.2 Å². The van der Waals surface area contributed by atoms with Crippen LogP contribution in [0.25, 0.3) is 0 Å². The molecule has 0 aromatic heterocycles. The normalized spacial score (nSPS) is 12.2. The molecule has 0 aliphatic heterocycles. The van der Waals surface area contributed by atoms with Crippen LogP contribution in [-0.4, -0.2) is 26.4 Å². The Labute approximate surface area is 194 Å². The molecule has 0 fully saturated rings. The average Bonchev–Trinajstić information content (AvgIpc) is 2.81. The average molecular weight is 482 g/mol. The number of hydrogen-bond donors (Lipinski definition) is 2. The number of hydrogen-bond acceptors (Lipinski definition) is 5. The molecule has 0 bridgehead atoms. The largest absolute Gasteiger partial charge is 0.497 e. The van der Waals surface area contributed by atoms with Gasteiger partial charge in [0, 0.05) is 35.0 Å². The summed E-state index contributed by atoms with van der Waals surface area (Å²) in [4.78, 5) is 0. The van der Waals surface area contributed by atoms with Gasteiger partial charge in [0.1, 0.15) is 23.4 Å². The number of benzene rings is 3. The molecule has 0 saturated heterocycles. The minimum absolute atomic E-state index is 0.0208. The van der Waals surface area contributed by atoms with Gasteiger partial charge in [-0.25, -0.2) is 0 Å². The molecule has 33 heavy (non-hydrogen) atoms.